The predicted molar refractivity (Wildman–Crippen MR) is 110 cm³/mol. The monoisotopic (exact) mass is 432 g/mol. The van der Waals surface area contributed by atoms with Crippen LogP contribution in [0.4, 0.5) is 5.69 Å². The van der Waals surface area contributed by atoms with Crippen LogP contribution >= 0.6 is 0 Å². The topological polar surface area (TPSA) is 144 Å². The summed E-state index contributed by atoms with van der Waals surface area (Å²) in [7, 11) is -4.18. The molecular formula is C19H20N4O6S. The normalized spacial score (nSPS) is 11.5. The first-order chi connectivity index (χ1) is 14.3. The van der Waals surface area contributed by atoms with E-state index in [-0.39, 0.29) is 25.4 Å². The van der Waals surface area contributed by atoms with Gasteiger partial charge in [-0.25, -0.2) is 13.1 Å². The summed E-state index contributed by atoms with van der Waals surface area (Å²) in [5, 5.41) is 24.2. The van der Waals surface area contributed by atoms with Gasteiger partial charge in [0.1, 0.15) is 10.6 Å². The van der Waals surface area contributed by atoms with Crippen molar-refractivity contribution in [3.63, 3.8) is 0 Å². The smallest absolute Gasteiger partial charge is 0.271 e. The number of hydrogen-bond donors (Lipinski definition) is 3. The van der Waals surface area contributed by atoms with Crippen LogP contribution in [0.15, 0.2) is 59.6 Å². The summed E-state index contributed by atoms with van der Waals surface area (Å²) in [5.74, 6) is -0.846. The number of carbonyl (C=O) groups is 1. The van der Waals surface area contributed by atoms with Crippen molar-refractivity contribution >= 4 is 32.5 Å². The molecule has 0 aliphatic rings. The van der Waals surface area contributed by atoms with E-state index < -0.39 is 31.3 Å². The van der Waals surface area contributed by atoms with Crippen LogP contribution in [0.3, 0.4) is 0 Å². The van der Waals surface area contributed by atoms with Gasteiger partial charge in [0.25, 0.3) is 5.69 Å². The number of nitro benzene ring substituents is 1. The second kappa shape index (κ2) is 8.93. The fraction of sp³-hybridized carbons (Fsp3) is 0.211. The van der Waals surface area contributed by atoms with E-state index in [1.807, 2.05) is 41.1 Å². The zero-order valence-corrected chi connectivity index (χ0v) is 16.6. The lowest BCUT2D eigenvalue weighted by molar-refractivity contribution is -0.385. The molecule has 3 N–H and O–H groups in total. The molecule has 0 bridgehead atoms. The lowest BCUT2D eigenvalue weighted by Crippen LogP contribution is -2.35. The van der Waals surface area contributed by atoms with Gasteiger partial charge in [-0.2, -0.15) is 0 Å². The Kier molecular flexibility index (Phi) is 6.33. The Hall–Kier alpha value is -3.44. The van der Waals surface area contributed by atoms with E-state index in [0.717, 1.165) is 29.1 Å². The van der Waals surface area contributed by atoms with E-state index in [2.05, 4.69) is 10.0 Å². The van der Waals surface area contributed by atoms with Gasteiger partial charge in [-0.3, -0.25) is 14.9 Å². The van der Waals surface area contributed by atoms with Gasteiger partial charge in [0, 0.05) is 49.9 Å². The number of non-ortho nitro benzene ring substituents is 1. The Morgan fingerprint density at radius 3 is 2.67 bits per heavy atom. The summed E-state index contributed by atoms with van der Waals surface area (Å²) in [6, 6.07) is 12.5. The largest absolute Gasteiger partial charge is 0.507 e. The number of nitrogens with one attached hydrogen (secondary N) is 2. The maximum atomic E-state index is 12.3. The van der Waals surface area contributed by atoms with E-state index in [9.17, 15) is 28.4 Å². The number of rotatable bonds is 9. The minimum atomic E-state index is -4.18. The molecule has 0 aliphatic carbocycles. The van der Waals surface area contributed by atoms with Gasteiger partial charge in [0.2, 0.25) is 15.9 Å². The number of amides is 1. The molecule has 30 heavy (non-hydrogen) atoms. The lowest BCUT2D eigenvalue weighted by Gasteiger charge is -2.10. The molecule has 0 saturated carbocycles. The minimum absolute atomic E-state index is 0.0280. The first kappa shape index (κ1) is 21.3. The van der Waals surface area contributed by atoms with Gasteiger partial charge in [-0.1, -0.05) is 18.2 Å². The zero-order valence-electron chi connectivity index (χ0n) is 15.8. The molecule has 11 heteroatoms. The van der Waals surface area contributed by atoms with Gasteiger partial charge in [0.05, 0.1) is 4.92 Å². The van der Waals surface area contributed by atoms with E-state index in [0.29, 0.717) is 6.54 Å². The molecule has 0 atom stereocenters. The number of nitrogens with zero attached hydrogens (tertiary/aromatic N) is 2. The molecule has 0 aliphatic heterocycles. The van der Waals surface area contributed by atoms with Crippen LogP contribution in [-0.4, -0.2) is 42.0 Å². The molecule has 10 nitrogen and oxygen atoms in total. The fourth-order valence-corrected chi connectivity index (χ4v) is 4.09. The third-order valence-electron chi connectivity index (χ3n) is 4.44. The standard InChI is InChI=1S/C19H20N4O6S/c24-17-6-5-15(23(26)27)13-18(17)30(28,29)21-10-9-20-19(25)8-12-22-11-7-14-3-1-2-4-16(14)22/h1-7,11,13,21,24H,8-10,12H2,(H,20,25). The van der Waals surface area contributed by atoms with Gasteiger partial charge in [-0.05, 0) is 23.6 Å². The molecule has 3 rings (SSSR count). The molecule has 2 aromatic carbocycles. The summed E-state index contributed by atoms with van der Waals surface area (Å²) in [6.45, 7) is 0.370. The second-order valence-corrected chi connectivity index (χ2v) is 8.21. The first-order valence-electron chi connectivity index (χ1n) is 9.05. The maximum Gasteiger partial charge on any atom is 0.271 e. The summed E-state index contributed by atoms with van der Waals surface area (Å²) < 4.78 is 28.7. The predicted octanol–water partition coefficient (Wildman–Crippen LogP) is 1.74. The average molecular weight is 432 g/mol. The number of hydrogen-bond acceptors (Lipinski definition) is 6. The number of sulfonamides is 1. The van der Waals surface area contributed by atoms with Crippen molar-refractivity contribution in [3.05, 3.63) is 64.8 Å². The summed E-state index contributed by atoms with van der Waals surface area (Å²) in [4.78, 5) is 21.5. The molecule has 0 radical (unpaired) electrons. The zero-order chi connectivity index (χ0) is 21.7. The third kappa shape index (κ3) is 4.93. The van der Waals surface area contributed by atoms with E-state index in [4.69, 9.17) is 0 Å². The summed E-state index contributed by atoms with van der Waals surface area (Å²) in [6.07, 6.45) is 2.12. The number of aryl methyl sites for hydroxylation is 1. The quantitative estimate of drug-likeness (QED) is 0.267. The van der Waals surface area contributed by atoms with Crippen molar-refractivity contribution in [2.24, 2.45) is 0 Å². The van der Waals surface area contributed by atoms with E-state index in [1.54, 1.807) is 0 Å². The number of phenols is 1. The minimum Gasteiger partial charge on any atom is -0.507 e. The Balaban J connectivity index is 1.49. The Labute approximate surface area is 172 Å². The number of aromatic hydroxyl groups is 1. The molecular weight excluding hydrogens is 412 g/mol. The SMILES string of the molecule is O=C(CCn1ccc2ccccc21)NCCNS(=O)(=O)c1cc([N+](=O)[O-])ccc1O. The van der Waals surface area contributed by atoms with Gasteiger partial charge < -0.3 is 15.0 Å². The van der Waals surface area contributed by atoms with Crippen molar-refractivity contribution in [1.29, 1.82) is 0 Å². The van der Waals surface area contributed by atoms with Crippen LogP contribution in [-0.2, 0) is 21.4 Å². The molecule has 0 unspecified atom stereocenters. The average Bonchev–Trinajstić information content (AvgIpc) is 3.13. The van der Waals surface area contributed by atoms with Crippen molar-refractivity contribution in [2.75, 3.05) is 13.1 Å². The molecule has 0 spiro atoms. The lowest BCUT2D eigenvalue weighted by atomic mass is 10.2. The first-order valence-corrected chi connectivity index (χ1v) is 10.5. The molecule has 0 fully saturated rings. The van der Waals surface area contributed by atoms with Crippen molar-refractivity contribution < 1.29 is 23.2 Å². The Morgan fingerprint density at radius 2 is 1.90 bits per heavy atom. The molecule has 158 valence electrons. The van der Waals surface area contributed by atoms with Crippen LogP contribution in [0.2, 0.25) is 0 Å². The highest BCUT2D eigenvalue weighted by molar-refractivity contribution is 7.89. The molecule has 1 aromatic heterocycles. The Morgan fingerprint density at radius 1 is 1.13 bits per heavy atom. The molecule has 0 saturated heterocycles. The van der Waals surface area contributed by atoms with E-state index >= 15 is 0 Å². The van der Waals surface area contributed by atoms with Crippen LogP contribution < -0.4 is 10.0 Å². The summed E-state index contributed by atoms with van der Waals surface area (Å²) in [5.41, 5.74) is 0.564. The van der Waals surface area contributed by atoms with E-state index in [1.165, 1.54) is 0 Å². The number of carbonyl (C=O) groups excluding carboxylic acids is 1. The fourth-order valence-electron chi connectivity index (χ4n) is 2.94. The van der Waals surface area contributed by atoms with Crippen molar-refractivity contribution in [1.82, 2.24) is 14.6 Å². The van der Waals surface area contributed by atoms with Crippen molar-refractivity contribution in [2.45, 2.75) is 17.9 Å². The van der Waals surface area contributed by atoms with Gasteiger partial charge in [-0.15, -0.1) is 0 Å². The van der Waals surface area contributed by atoms with Gasteiger partial charge in [0.15, 0.2) is 0 Å². The second-order valence-electron chi connectivity index (χ2n) is 6.47. The number of fused-ring (bicyclic) bond motifs is 1. The number of nitro groups is 1. The molecule has 3 aromatic rings. The molecule has 1 heterocycles. The maximum absolute atomic E-state index is 12.3. The number of para-hydroxylation sites is 1. The van der Waals surface area contributed by atoms with Crippen LogP contribution in [0.25, 0.3) is 10.9 Å². The highest BCUT2D eigenvalue weighted by Gasteiger charge is 2.21. The van der Waals surface area contributed by atoms with Gasteiger partial charge >= 0.3 is 0 Å². The number of phenolic OH excluding ortho intramolecular Hbond substituents is 1. The number of aromatic nitrogens is 1. The molecule has 1 amide bonds. The van der Waals surface area contributed by atoms with Crippen LogP contribution in [0.5, 0.6) is 5.75 Å². The van der Waals surface area contributed by atoms with Crippen molar-refractivity contribution in [3.8, 4) is 5.75 Å². The third-order valence-corrected chi connectivity index (χ3v) is 5.93. The highest BCUT2D eigenvalue weighted by atomic mass is 32.2. The number of benzene rings is 2. The Bertz CT molecular complexity index is 1190. The van der Waals surface area contributed by atoms with Crippen LogP contribution in [0.1, 0.15) is 6.42 Å². The highest BCUT2D eigenvalue weighted by Crippen LogP contribution is 2.26. The van der Waals surface area contributed by atoms with Crippen LogP contribution in [0, 0.1) is 10.1 Å². The summed E-state index contributed by atoms with van der Waals surface area (Å²) >= 11 is 0.